The monoisotopic (exact) mass is 244 g/mol. The highest BCUT2D eigenvalue weighted by molar-refractivity contribution is 5.80. The molecule has 6 heteroatoms. The van der Waals surface area contributed by atoms with Gasteiger partial charge in [-0.2, -0.15) is 0 Å². The zero-order chi connectivity index (χ0) is 12.7. The average Bonchev–Trinajstić information content (AvgIpc) is 2.72. The summed E-state index contributed by atoms with van der Waals surface area (Å²) in [6.07, 6.45) is 2.26. The number of carbonyl (C=O) groups excluding carboxylic acids is 1. The van der Waals surface area contributed by atoms with Crippen LogP contribution in [0.5, 0.6) is 0 Å². The van der Waals surface area contributed by atoms with Crippen molar-refractivity contribution >= 4 is 11.9 Å². The second kappa shape index (κ2) is 7.24. The van der Waals surface area contributed by atoms with Crippen molar-refractivity contribution in [2.24, 2.45) is 5.92 Å². The highest BCUT2D eigenvalue weighted by Gasteiger charge is 2.33. The zero-order valence-electron chi connectivity index (χ0n) is 10.1. The van der Waals surface area contributed by atoms with Crippen LogP contribution in [-0.2, 0) is 14.3 Å². The number of ether oxygens (including phenoxy) is 1. The Kier molecular flexibility index (Phi) is 5.93. The molecule has 1 aliphatic carbocycles. The number of carboxylic acids is 1. The molecule has 1 amide bonds. The number of nitrogens with one attached hydrogen (secondary N) is 2. The third-order valence-electron chi connectivity index (χ3n) is 2.95. The molecular formula is C11H20N2O4. The first-order chi connectivity index (χ1) is 8.15. The van der Waals surface area contributed by atoms with E-state index in [0.29, 0.717) is 19.6 Å². The molecule has 98 valence electrons. The maximum atomic E-state index is 11.5. The molecule has 0 bridgehead atoms. The minimum absolute atomic E-state index is 0.153. The fourth-order valence-electron chi connectivity index (χ4n) is 2.06. The summed E-state index contributed by atoms with van der Waals surface area (Å²) in [5.41, 5.74) is 0. The van der Waals surface area contributed by atoms with E-state index < -0.39 is 11.9 Å². The van der Waals surface area contributed by atoms with E-state index in [4.69, 9.17) is 9.84 Å². The van der Waals surface area contributed by atoms with Gasteiger partial charge in [0.1, 0.15) is 0 Å². The van der Waals surface area contributed by atoms with Crippen LogP contribution < -0.4 is 10.6 Å². The Morgan fingerprint density at radius 2 is 2.18 bits per heavy atom. The van der Waals surface area contributed by atoms with Crippen LogP contribution >= 0.6 is 0 Å². The smallest absolute Gasteiger partial charge is 0.308 e. The zero-order valence-corrected chi connectivity index (χ0v) is 10.1. The predicted octanol–water partition coefficient (Wildman–Crippen LogP) is -0.408. The van der Waals surface area contributed by atoms with Gasteiger partial charge < -0.3 is 20.5 Å². The Morgan fingerprint density at radius 1 is 1.41 bits per heavy atom. The molecule has 1 fully saturated rings. The molecular weight excluding hydrogens is 224 g/mol. The molecule has 1 rings (SSSR count). The topological polar surface area (TPSA) is 87.7 Å². The molecule has 0 aliphatic heterocycles. The molecule has 0 radical (unpaired) electrons. The minimum atomic E-state index is -0.819. The van der Waals surface area contributed by atoms with E-state index in [0.717, 1.165) is 12.8 Å². The quantitative estimate of drug-likeness (QED) is 0.530. The van der Waals surface area contributed by atoms with Crippen LogP contribution in [0.25, 0.3) is 0 Å². The maximum absolute atomic E-state index is 11.5. The van der Waals surface area contributed by atoms with E-state index in [2.05, 4.69) is 10.6 Å². The first-order valence-electron chi connectivity index (χ1n) is 5.87. The van der Waals surface area contributed by atoms with Crippen molar-refractivity contribution in [3.63, 3.8) is 0 Å². The van der Waals surface area contributed by atoms with Crippen LogP contribution in [0.4, 0.5) is 0 Å². The summed E-state index contributed by atoms with van der Waals surface area (Å²) in [5.74, 6) is -1.41. The van der Waals surface area contributed by atoms with E-state index in [1.165, 1.54) is 0 Å². The number of carbonyl (C=O) groups is 2. The van der Waals surface area contributed by atoms with Crippen LogP contribution in [0, 0.1) is 5.92 Å². The third kappa shape index (κ3) is 4.70. The molecule has 0 aromatic carbocycles. The Labute approximate surface area is 101 Å². The molecule has 2 atom stereocenters. The van der Waals surface area contributed by atoms with Crippen molar-refractivity contribution in [2.75, 3.05) is 26.8 Å². The molecule has 2 unspecified atom stereocenters. The normalized spacial score (nSPS) is 23.6. The summed E-state index contributed by atoms with van der Waals surface area (Å²) in [6, 6.07) is -0.218. The van der Waals surface area contributed by atoms with Gasteiger partial charge in [0, 0.05) is 19.7 Å². The average molecular weight is 244 g/mol. The van der Waals surface area contributed by atoms with Gasteiger partial charge >= 0.3 is 5.97 Å². The van der Waals surface area contributed by atoms with Gasteiger partial charge in [0.2, 0.25) is 5.91 Å². The third-order valence-corrected chi connectivity index (χ3v) is 2.95. The van der Waals surface area contributed by atoms with Crippen molar-refractivity contribution in [3.8, 4) is 0 Å². The van der Waals surface area contributed by atoms with Crippen molar-refractivity contribution < 1.29 is 19.4 Å². The largest absolute Gasteiger partial charge is 0.481 e. The van der Waals surface area contributed by atoms with E-state index in [9.17, 15) is 9.59 Å². The van der Waals surface area contributed by atoms with Crippen molar-refractivity contribution in [3.05, 3.63) is 0 Å². The molecule has 0 heterocycles. The lowest BCUT2D eigenvalue weighted by Gasteiger charge is -2.17. The van der Waals surface area contributed by atoms with Crippen LogP contribution in [0.15, 0.2) is 0 Å². The van der Waals surface area contributed by atoms with Gasteiger partial charge in [-0.3, -0.25) is 9.59 Å². The lowest BCUT2D eigenvalue weighted by atomic mass is 10.0. The minimum Gasteiger partial charge on any atom is -0.481 e. The van der Waals surface area contributed by atoms with Gasteiger partial charge in [-0.05, 0) is 12.8 Å². The van der Waals surface area contributed by atoms with Crippen molar-refractivity contribution in [1.82, 2.24) is 10.6 Å². The van der Waals surface area contributed by atoms with E-state index in [1.807, 2.05) is 0 Å². The number of carboxylic acid groups (broad SMARTS) is 1. The lowest BCUT2D eigenvalue weighted by Crippen LogP contribution is -2.44. The maximum Gasteiger partial charge on any atom is 0.308 e. The van der Waals surface area contributed by atoms with Crippen molar-refractivity contribution in [1.29, 1.82) is 0 Å². The standard InChI is InChI=1S/C11H20N2O4/c1-17-6-5-12-7-10(14)13-9-4-2-3-8(9)11(15)16/h8-9,12H,2-7H2,1H3,(H,13,14)(H,15,16). The summed E-state index contributed by atoms with van der Waals surface area (Å²) in [6.45, 7) is 1.36. The Hall–Kier alpha value is -1.14. The van der Waals surface area contributed by atoms with E-state index in [1.54, 1.807) is 7.11 Å². The predicted molar refractivity (Wildman–Crippen MR) is 61.7 cm³/mol. The van der Waals surface area contributed by atoms with Gasteiger partial charge in [0.25, 0.3) is 0 Å². The number of rotatable bonds is 7. The first kappa shape index (κ1) is 13.9. The van der Waals surface area contributed by atoms with Gasteiger partial charge in [-0.25, -0.2) is 0 Å². The SMILES string of the molecule is COCCNCC(=O)NC1CCCC1C(=O)O. The van der Waals surface area contributed by atoms with Crippen LogP contribution in [-0.4, -0.2) is 49.8 Å². The number of aliphatic carboxylic acids is 1. The lowest BCUT2D eigenvalue weighted by molar-refractivity contribution is -0.142. The van der Waals surface area contributed by atoms with Gasteiger partial charge in [-0.15, -0.1) is 0 Å². The molecule has 0 aromatic heterocycles. The van der Waals surface area contributed by atoms with E-state index >= 15 is 0 Å². The Bertz CT molecular complexity index is 270. The molecule has 0 spiro atoms. The second-order valence-electron chi connectivity index (χ2n) is 4.22. The number of hydrogen-bond acceptors (Lipinski definition) is 4. The molecule has 17 heavy (non-hydrogen) atoms. The summed E-state index contributed by atoms with van der Waals surface area (Å²) < 4.78 is 4.83. The molecule has 1 aliphatic rings. The fourth-order valence-corrected chi connectivity index (χ4v) is 2.06. The van der Waals surface area contributed by atoms with Gasteiger partial charge in [-0.1, -0.05) is 6.42 Å². The fraction of sp³-hybridized carbons (Fsp3) is 0.818. The van der Waals surface area contributed by atoms with E-state index in [-0.39, 0.29) is 18.5 Å². The molecule has 0 saturated heterocycles. The highest BCUT2D eigenvalue weighted by Crippen LogP contribution is 2.25. The van der Waals surface area contributed by atoms with Crippen LogP contribution in [0.3, 0.4) is 0 Å². The molecule has 0 aromatic rings. The highest BCUT2D eigenvalue weighted by atomic mass is 16.5. The summed E-state index contributed by atoms with van der Waals surface area (Å²) in [7, 11) is 1.59. The number of hydrogen-bond donors (Lipinski definition) is 3. The van der Waals surface area contributed by atoms with Crippen molar-refractivity contribution in [2.45, 2.75) is 25.3 Å². The Morgan fingerprint density at radius 3 is 2.82 bits per heavy atom. The molecule has 1 saturated carbocycles. The second-order valence-corrected chi connectivity index (χ2v) is 4.22. The first-order valence-corrected chi connectivity index (χ1v) is 5.87. The number of amides is 1. The van der Waals surface area contributed by atoms with Gasteiger partial charge in [0.05, 0.1) is 19.1 Å². The Balaban J connectivity index is 2.23. The van der Waals surface area contributed by atoms with Crippen LogP contribution in [0.1, 0.15) is 19.3 Å². The van der Waals surface area contributed by atoms with Crippen LogP contribution in [0.2, 0.25) is 0 Å². The summed E-state index contributed by atoms with van der Waals surface area (Å²) in [4.78, 5) is 22.4. The molecule has 6 nitrogen and oxygen atoms in total. The van der Waals surface area contributed by atoms with Gasteiger partial charge in [0.15, 0.2) is 0 Å². The molecule has 3 N–H and O–H groups in total. The summed E-state index contributed by atoms with van der Waals surface area (Å²) in [5, 5.41) is 14.6. The summed E-state index contributed by atoms with van der Waals surface area (Å²) >= 11 is 0. The number of methoxy groups -OCH3 is 1.